The van der Waals surface area contributed by atoms with Crippen molar-refractivity contribution in [2.24, 2.45) is 0 Å². The Kier molecular flexibility index (Phi) is 9.02. The monoisotopic (exact) mass is 347 g/mol. The number of rotatable bonds is 10. The number of halogens is 2. The summed E-state index contributed by atoms with van der Waals surface area (Å²) in [6.45, 7) is 4.89. The molecule has 3 nitrogen and oxygen atoms in total. The van der Waals surface area contributed by atoms with E-state index in [1.54, 1.807) is 7.11 Å². The SMILES string of the molecule is CCCNC(COCCOC)Cc1ccc(F)c(Br)c1. The standard InChI is InChI=1S/C15H23BrFNO2/c1-3-6-18-13(11-20-8-7-19-2)9-12-4-5-15(17)14(16)10-12/h4-5,10,13,18H,3,6-9,11H2,1-2H3. The van der Waals surface area contributed by atoms with Crippen molar-refractivity contribution in [1.29, 1.82) is 0 Å². The van der Waals surface area contributed by atoms with Gasteiger partial charge in [-0.25, -0.2) is 4.39 Å². The Balaban J connectivity index is 2.51. The third-order valence-corrected chi connectivity index (χ3v) is 3.51. The van der Waals surface area contributed by atoms with Crippen molar-refractivity contribution in [3.8, 4) is 0 Å². The Morgan fingerprint density at radius 3 is 2.80 bits per heavy atom. The Labute approximate surface area is 129 Å². The number of nitrogens with one attached hydrogen (secondary N) is 1. The molecule has 114 valence electrons. The molecule has 0 fully saturated rings. The van der Waals surface area contributed by atoms with Crippen LogP contribution < -0.4 is 5.32 Å². The van der Waals surface area contributed by atoms with Gasteiger partial charge < -0.3 is 14.8 Å². The van der Waals surface area contributed by atoms with Crippen LogP contribution in [-0.2, 0) is 15.9 Å². The molecule has 1 rings (SSSR count). The maximum absolute atomic E-state index is 13.2. The largest absolute Gasteiger partial charge is 0.382 e. The van der Waals surface area contributed by atoms with Crippen LogP contribution in [0.4, 0.5) is 4.39 Å². The van der Waals surface area contributed by atoms with Gasteiger partial charge >= 0.3 is 0 Å². The number of hydrogen-bond donors (Lipinski definition) is 1. The van der Waals surface area contributed by atoms with Gasteiger partial charge in [0, 0.05) is 13.2 Å². The van der Waals surface area contributed by atoms with Gasteiger partial charge in [0.15, 0.2) is 0 Å². The van der Waals surface area contributed by atoms with E-state index in [2.05, 4.69) is 28.2 Å². The molecule has 0 aliphatic heterocycles. The summed E-state index contributed by atoms with van der Waals surface area (Å²) in [5.74, 6) is -0.233. The van der Waals surface area contributed by atoms with E-state index in [-0.39, 0.29) is 11.9 Å². The smallest absolute Gasteiger partial charge is 0.137 e. The van der Waals surface area contributed by atoms with Crippen LogP contribution in [-0.4, -0.2) is 39.5 Å². The molecular weight excluding hydrogens is 325 g/mol. The Hall–Kier alpha value is -0.490. The van der Waals surface area contributed by atoms with Gasteiger partial charge in [-0.2, -0.15) is 0 Å². The molecule has 0 heterocycles. The third kappa shape index (κ3) is 6.79. The van der Waals surface area contributed by atoms with Crippen LogP contribution in [0.25, 0.3) is 0 Å². The number of benzene rings is 1. The van der Waals surface area contributed by atoms with E-state index in [9.17, 15) is 4.39 Å². The molecule has 1 aromatic rings. The van der Waals surface area contributed by atoms with Crippen molar-refractivity contribution >= 4 is 15.9 Å². The van der Waals surface area contributed by atoms with Crippen molar-refractivity contribution in [2.75, 3.05) is 33.5 Å². The Bertz CT molecular complexity index is 390. The first-order chi connectivity index (χ1) is 9.67. The topological polar surface area (TPSA) is 30.5 Å². The van der Waals surface area contributed by atoms with Crippen molar-refractivity contribution in [2.45, 2.75) is 25.8 Å². The summed E-state index contributed by atoms with van der Waals surface area (Å²) in [7, 11) is 1.66. The van der Waals surface area contributed by atoms with Crippen LogP contribution >= 0.6 is 15.9 Å². The molecule has 5 heteroatoms. The maximum Gasteiger partial charge on any atom is 0.137 e. The zero-order chi connectivity index (χ0) is 14.8. The normalized spacial score (nSPS) is 12.6. The fourth-order valence-corrected chi connectivity index (χ4v) is 2.28. The first kappa shape index (κ1) is 17.6. The highest BCUT2D eigenvalue weighted by molar-refractivity contribution is 9.10. The van der Waals surface area contributed by atoms with Gasteiger partial charge in [0.25, 0.3) is 0 Å². The molecule has 0 bridgehead atoms. The molecule has 20 heavy (non-hydrogen) atoms. The molecule has 0 saturated heterocycles. The van der Waals surface area contributed by atoms with E-state index in [0.717, 1.165) is 24.9 Å². The highest BCUT2D eigenvalue weighted by atomic mass is 79.9. The van der Waals surface area contributed by atoms with Crippen LogP contribution in [0.15, 0.2) is 22.7 Å². The second-order valence-corrected chi connectivity index (χ2v) is 5.53. The lowest BCUT2D eigenvalue weighted by atomic mass is 10.1. The highest BCUT2D eigenvalue weighted by Gasteiger charge is 2.10. The van der Waals surface area contributed by atoms with Gasteiger partial charge in [0.05, 0.1) is 24.3 Å². The van der Waals surface area contributed by atoms with Gasteiger partial charge in [-0.15, -0.1) is 0 Å². The summed E-state index contributed by atoms with van der Waals surface area (Å²) in [5.41, 5.74) is 1.09. The molecule has 1 aromatic carbocycles. The molecule has 0 radical (unpaired) electrons. The minimum atomic E-state index is -0.233. The molecule has 0 aliphatic carbocycles. The average molecular weight is 348 g/mol. The summed E-state index contributed by atoms with van der Waals surface area (Å²) in [6, 6.07) is 5.35. The van der Waals surface area contributed by atoms with Crippen LogP contribution in [0.2, 0.25) is 0 Å². The Morgan fingerprint density at radius 1 is 1.35 bits per heavy atom. The van der Waals surface area contributed by atoms with Crippen LogP contribution in [0.1, 0.15) is 18.9 Å². The first-order valence-electron chi connectivity index (χ1n) is 6.91. The van der Waals surface area contributed by atoms with E-state index in [1.165, 1.54) is 6.07 Å². The summed E-state index contributed by atoms with van der Waals surface area (Å²) in [6.07, 6.45) is 1.88. The molecule has 1 unspecified atom stereocenters. The third-order valence-electron chi connectivity index (χ3n) is 2.90. The minimum Gasteiger partial charge on any atom is -0.382 e. The molecule has 1 atom stereocenters. The quantitative estimate of drug-likeness (QED) is 0.659. The second kappa shape index (κ2) is 10.3. The van der Waals surface area contributed by atoms with Crippen molar-refractivity contribution in [1.82, 2.24) is 5.32 Å². The van der Waals surface area contributed by atoms with Gasteiger partial charge in [0.1, 0.15) is 5.82 Å². The lowest BCUT2D eigenvalue weighted by molar-refractivity contribution is 0.0587. The fraction of sp³-hybridized carbons (Fsp3) is 0.600. The predicted octanol–water partition coefficient (Wildman–Crippen LogP) is 3.16. The average Bonchev–Trinajstić information content (AvgIpc) is 2.44. The van der Waals surface area contributed by atoms with Gasteiger partial charge in [-0.05, 0) is 53.0 Å². The van der Waals surface area contributed by atoms with Gasteiger partial charge in [-0.1, -0.05) is 13.0 Å². The first-order valence-corrected chi connectivity index (χ1v) is 7.70. The van der Waals surface area contributed by atoms with E-state index >= 15 is 0 Å². The second-order valence-electron chi connectivity index (χ2n) is 4.67. The molecule has 0 spiro atoms. The van der Waals surface area contributed by atoms with E-state index < -0.39 is 0 Å². The predicted molar refractivity (Wildman–Crippen MR) is 82.6 cm³/mol. The van der Waals surface area contributed by atoms with Crippen molar-refractivity contribution in [3.05, 3.63) is 34.1 Å². The van der Waals surface area contributed by atoms with Gasteiger partial charge in [0.2, 0.25) is 0 Å². The van der Waals surface area contributed by atoms with E-state index in [4.69, 9.17) is 9.47 Å². The molecule has 0 aliphatic rings. The summed E-state index contributed by atoms with van der Waals surface area (Å²) in [4.78, 5) is 0. The molecule has 1 N–H and O–H groups in total. The zero-order valence-corrected chi connectivity index (χ0v) is 13.7. The van der Waals surface area contributed by atoms with Crippen molar-refractivity contribution < 1.29 is 13.9 Å². The van der Waals surface area contributed by atoms with Crippen molar-refractivity contribution in [3.63, 3.8) is 0 Å². The van der Waals surface area contributed by atoms with Crippen LogP contribution in [0.3, 0.4) is 0 Å². The fourth-order valence-electron chi connectivity index (χ4n) is 1.86. The summed E-state index contributed by atoms with van der Waals surface area (Å²) in [5, 5.41) is 3.45. The number of methoxy groups -OCH3 is 1. The van der Waals surface area contributed by atoms with Crippen LogP contribution in [0.5, 0.6) is 0 Å². The van der Waals surface area contributed by atoms with E-state index in [1.807, 2.05) is 12.1 Å². The highest BCUT2D eigenvalue weighted by Crippen LogP contribution is 2.17. The number of hydrogen-bond acceptors (Lipinski definition) is 3. The Morgan fingerprint density at radius 2 is 2.15 bits per heavy atom. The summed E-state index contributed by atoms with van der Waals surface area (Å²) < 4.78 is 24.3. The lowest BCUT2D eigenvalue weighted by Crippen LogP contribution is -2.36. The van der Waals surface area contributed by atoms with E-state index in [0.29, 0.717) is 24.3 Å². The molecule has 0 amide bonds. The lowest BCUT2D eigenvalue weighted by Gasteiger charge is -2.19. The zero-order valence-electron chi connectivity index (χ0n) is 12.1. The maximum atomic E-state index is 13.2. The summed E-state index contributed by atoms with van der Waals surface area (Å²) >= 11 is 3.22. The molecule has 0 saturated carbocycles. The van der Waals surface area contributed by atoms with Crippen LogP contribution in [0, 0.1) is 5.82 Å². The molecular formula is C15H23BrFNO2. The number of ether oxygens (including phenoxy) is 2. The molecule has 0 aromatic heterocycles. The minimum absolute atomic E-state index is 0.226. The van der Waals surface area contributed by atoms with Gasteiger partial charge in [-0.3, -0.25) is 0 Å².